The highest BCUT2D eigenvalue weighted by Gasteiger charge is 2.24. The van der Waals surface area contributed by atoms with E-state index in [2.05, 4.69) is 5.32 Å². The predicted molar refractivity (Wildman–Crippen MR) is 78.4 cm³/mol. The summed E-state index contributed by atoms with van der Waals surface area (Å²) >= 11 is 0. The third kappa shape index (κ3) is 8.12. The van der Waals surface area contributed by atoms with Crippen LogP contribution in [0.15, 0.2) is 0 Å². The minimum absolute atomic E-state index is 0.0174. The van der Waals surface area contributed by atoms with E-state index in [1.165, 1.54) is 0 Å². The molecular weight excluding hydrogens is 244 g/mol. The quantitative estimate of drug-likeness (QED) is 0.256. The molecule has 0 saturated heterocycles. The largest absolute Gasteiger partial charge is 0.355 e. The van der Waals surface area contributed by atoms with Crippen molar-refractivity contribution in [3.05, 3.63) is 0 Å². The van der Waals surface area contributed by atoms with Gasteiger partial charge in [0, 0.05) is 32.7 Å². The summed E-state index contributed by atoms with van der Waals surface area (Å²) in [5.74, 6) is 0.0174. The molecule has 0 spiro atoms. The molecule has 0 aliphatic heterocycles. The van der Waals surface area contributed by atoms with Crippen LogP contribution in [-0.2, 0) is 4.79 Å². The van der Waals surface area contributed by atoms with Crippen molar-refractivity contribution in [2.45, 2.75) is 25.3 Å². The molecule has 0 radical (unpaired) electrons. The van der Waals surface area contributed by atoms with Gasteiger partial charge in [0.1, 0.15) is 0 Å². The number of carbonyl (C=O) groups excluding carboxylic acids is 1. The summed E-state index contributed by atoms with van der Waals surface area (Å²) in [5, 5.41) is 2.91. The highest BCUT2D eigenvalue weighted by atomic mass is 16.2. The van der Waals surface area contributed by atoms with Gasteiger partial charge in [-0.3, -0.25) is 9.69 Å². The van der Waals surface area contributed by atoms with Crippen molar-refractivity contribution in [1.82, 2.24) is 10.2 Å². The van der Waals surface area contributed by atoms with Crippen LogP contribution >= 0.6 is 0 Å². The third-order valence-electron chi connectivity index (χ3n) is 2.94. The first-order valence-electron chi connectivity index (χ1n) is 7.03. The monoisotopic (exact) mass is 274 g/mol. The lowest BCUT2D eigenvalue weighted by Crippen LogP contribution is -2.50. The number of carbonyl (C=O) groups is 1. The van der Waals surface area contributed by atoms with Gasteiger partial charge in [-0.2, -0.15) is 0 Å². The van der Waals surface area contributed by atoms with Crippen LogP contribution in [0.3, 0.4) is 0 Å². The average molecular weight is 274 g/mol. The number of amides is 1. The van der Waals surface area contributed by atoms with E-state index >= 15 is 0 Å². The van der Waals surface area contributed by atoms with Crippen molar-refractivity contribution in [2.75, 3.05) is 45.8 Å². The zero-order valence-corrected chi connectivity index (χ0v) is 11.8. The van der Waals surface area contributed by atoms with Gasteiger partial charge in [-0.15, -0.1) is 0 Å². The summed E-state index contributed by atoms with van der Waals surface area (Å²) in [6.45, 7) is 4.10. The second-order valence-electron chi connectivity index (χ2n) is 4.49. The summed E-state index contributed by atoms with van der Waals surface area (Å²) in [5.41, 5.74) is 22.1. The maximum atomic E-state index is 12.2. The van der Waals surface area contributed by atoms with Crippen LogP contribution < -0.4 is 28.3 Å². The van der Waals surface area contributed by atoms with Crippen molar-refractivity contribution in [3.63, 3.8) is 0 Å². The molecule has 0 aromatic rings. The third-order valence-corrected chi connectivity index (χ3v) is 2.94. The zero-order valence-electron chi connectivity index (χ0n) is 11.8. The van der Waals surface area contributed by atoms with E-state index in [9.17, 15) is 4.79 Å². The normalized spacial score (nSPS) is 12.7. The van der Waals surface area contributed by atoms with Crippen molar-refractivity contribution in [1.29, 1.82) is 0 Å². The van der Waals surface area contributed by atoms with Gasteiger partial charge in [-0.25, -0.2) is 0 Å². The number of nitrogens with one attached hydrogen (secondary N) is 1. The Morgan fingerprint density at radius 1 is 0.947 bits per heavy atom. The Bertz CT molecular complexity index is 220. The summed E-state index contributed by atoms with van der Waals surface area (Å²) in [6.07, 6.45) is 2.31. The minimum atomic E-state index is -0.201. The maximum absolute atomic E-state index is 12.2. The molecule has 0 bridgehead atoms. The van der Waals surface area contributed by atoms with Crippen LogP contribution in [0.5, 0.6) is 0 Å². The molecule has 0 saturated carbocycles. The Hall–Kier alpha value is -0.730. The molecule has 0 aliphatic carbocycles. The van der Waals surface area contributed by atoms with Crippen LogP contribution in [0.1, 0.15) is 19.3 Å². The van der Waals surface area contributed by atoms with E-state index in [0.29, 0.717) is 45.8 Å². The standard InChI is InChI=1S/C12H30N6O/c13-4-1-3-11(12(19)17-8-2-5-14)18(9-6-15)10-7-16/h11H,1-10,13-16H2,(H,17,19). The molecule has 0 fully saturated rings. The highest BCUT2D eigenvalue weighted by Crippen LogP contribution is 2.06. The first-order valence-corrected chi connectivity index (χ1v) is 7.03. The maximum Gasteiger partial charge on any atom is 0.237 e. The van der Waals surface area contributed by atoms with E-state index in [1.54, 1.807) is 0 Å². The molecule has 114 valence electrons. The fraction of sp³-hybridized carbons (Fsp3) is 0.917. The smallest absolute Gasteiger partial charge is 0.237 e. The molecule has 0 heterocycles. The second kappa shape index (κ2) is 12.3. The SMILES string of the molecule is NCCCNC(=O)C(CCCN)N(CCN)CCN. The number of hydrogen-bond donors (Lipinski definition) is 5. The van der Waals surface area contributed by atoms with E-state index < -0.39 is 0 Å². The fourth-order valence-corrected chi connectivity index (χ4v) is 1.98. The summed E-state index contributed by atoms with van der Waals surface area (Å²) in [4.78, 5) is 14.2. The predicted octanol–water partition coefficient (Wildman–Crippen LogP) is -2.22. The minimum Gasteiger partial charge on any atom is -0.355 e. The van der Waals surface area contributed by atoms with Gasteiger partial charge >= 0.3 is 0 Å². The van der Waals surface area contributed by atoms with E-state index in [0.717, 1.165) is 19.3 Å². The Balaban J connectivity index is 4.49. The molecule has 0 aromatic heterocycles. The molecule has 0 aromatic carbocycles. The van der Waals surface area contributed by atoms with Crippen LogP contribution in [-0.4, -0.2) is 62.7 Å². The lowest BCUT2D eigenvalue weighted by atomic mass is 10.1. The Morgan fingerprint density at radius 3 is 2.00 bits per heavy atom. The molecule has 7 heteroatoms. The number of rotatable bonds is 12. The number of nitrogens with zero attached hydrogens (tertiary/aromatic N) is 1. The van der Waals surface area contributed by atoms with Gasteiger partial charge < -0.3 is 28.3 Å². The molecule has 9 N–H and O–H groups in total. The molecule has 7 nitrogen and oxygen atoms in total. The van der Waals surface area contributed by atoms with Crippen LogP contribution in [0.4, 0.5) is 0 Å². The van der Waals surface area contributed by atoms with E-state index in [-0.39, 0.29) is 11.9 Å². The lowest BCUT2D eigenvalue weighted by molar-refractivity contribution is -0.126. The Labute approximate surface area is 116 Å². The van der Waals surface area contributed by atoms with Crippen molar-refractivity contribution in [2.24, 2.45) is 22.9 Å². The van der Waals surface area contributed by atoms with Crippen molar-refractivity contribution < 1.29 is 4.79 Å². The van der Waals surface area contributed by atoms with Gasteiger partial charge in [0.2, 0.25) is 5.91 Å². The van der Waals surface area contributed by atoms with Gasteiger partial charge in [0.25, 0.3) is 0 Å². The molecule has 1 unspecified atom stereocenters. The molecule has 0 rings (SSSR count). The van der Waals surface area contributed by atoms with Crippen LogP contribution in [0.25, 0.3) is 0 Å². The van der Waals surface area contributed by atoms with Gasteiger partial charge in [0.15, 0.2) is 0 Å². The highest BCUT2D eigenvalue weighted by molar-refractivity contribution is 5.81. The average Bonchev–Trinajstić information content (AvgIpc) is 2.40. The lowest BCUT2D eigenvalue weighted by Gasteiger charge is -2.30. The Kier molecular flexibility index (Phi) is 11.8. The van der Waals surface area contributed by atoms with Crippen molar-refractivity contribution >= 4 is 5.91 Å². The Morgan fingerprint density at radius 2 is 1.53 bits per heavy atom. The van der Waals surface area contributed by atoms with E-state index in [1.807, 2.05) is 4.90 Å². The van der Waals surface area contributed by atoms with Gasteiger partial charge in [-0.1, -0.05) is 0 Å². The van der Waals surface area contributed by atoms with Gasteiger partial charge in [0.05, 0.1) is 6.04 Å². The molecular formula is C12H30N6O. The fourth-order valence-electron chi connectivity index (χ4n) is 1.98. The number of nitrogens with two attached hydrogens (primary N) is 4. The molecule has 1 amide bonds. The summed E-state index contributed by atoms with van der Waals surface area (Å²) in [6, 6.07) is -0.201. The summed E-state index contributed by atoms with van der Waals surface area (Å²) in [7, 11) is 0. The summed E-state index contributed by atoms with van der Waals surface area (Å²) < 4.78 is 0. The number of hydrogen-bond acceptors (Lipinski definition) is 6. The van der Waals surface area contributed by atoms with E-state index in [4.69, 9.17) is 22.9 Å². The molecule has 19 heavy (non-hydrogen) atoms. The second-order valence-corrected chi connectivity index (χ2v) is 4.49. The zero-order chi connectivity index (χ0) is 14.5. The molecule has 0 aliphatic rings. The van der Waals surface area contributed by atoms with Gasteiger partial charge in [-0.05, 0) is 32.4 Å². The molecule has 1 atom stereocenters. The first kappa shape index (κ1) is 18.3. The topological polar surface area (TPSA) is 136 Å². The van der Waals surface area contributed by atoms with Crippen molar-refractivity contribution in [3.8, 4) is 0 Å². The van der Waals surface area contributed by atoms with Crippen LogP contribution in [0, 0.1) is 0 Å². The van der Waals surface area contributed by atoms with Crippen LogP contribution in [0.2, 0.25) is 0 Å². The first-order chi connectivity index (χ1) is 9.21.